The predicted octanol–water partition coefficient (Wildman–Crippen LogP) is 2.69. The molecule has 22 heavy (non-hydrogen) atoms. The van der Waals surface area contributed by atoms with Crippen molar-refractivity contribution >= 4 is 22.7 Å². The summed E-state index contributed by atoms with van der Waals surface area (Å²) in [7, 11) is 0. The Kier molecular flexibility index (Phi) is 4.81. The summed E-state index contributed by atoms with van der Waals surface area (Å²) < 4.78 is 7.43. The van der Waals surface area contributed by atoms with E-state index < -0.39 is 0 Å². The van der Waals surface area contributed by atoms with Crippen LogP contribution in [0.2, 0.25) is 0 Å². The maximum Gasteiger partial charge on any atom is 0.262 e. The van der Waals surface area contributed by atoms with E-state index in [1.54, 1.807) is 4.57 Å². The van der Waals surface area contributed by atoms with Gasteiger partial charge < -0.3 is 4.74 Å². The van der Waals surface area contributed by atoms with Gasteiger partial charge in [-0.3, -0.25) is 9.36 Å². The summed E-state index contributed by atoms with van der Waals surface area (Å²) in [5.74, 6) is 6.51. The van der Waals surface area contributed by atoms with Crippen LogP contribution >= 0.6 is 11.8 Å². The zero-order chi connectivity index (χ0) is 15.4. The first-order valence-corrected chi connectivity index (χ1v) is 8.41. The standard InChI is InChI=1S/C17H18N2O2S/c1-2-3-11-22-17-18-15-9-5-4-8-14(15)16(20)19(17)12-13-7-6-10-21-13/h4-5,8-9,13H,6-7,10-12H2,1H3. The van der Waals surface area contributed by atoms with Gasteiger partial charge in [0.15, 0.2) is 5.16 Å². The molecule has 3 rings (SSSR count). The van der Waals surface area contributed by atoms with Crippen molar-refractivity contribution in [1.82, 2.24) is 9.55 Å². The Morgan fingerprint density at radius 1 is 1.45 bits per heavy atom. The van der Waals surface area contributed by atoms with Gasteiger partial charge in [0.1, 0.15) is 0 Å². The van der Waals surface area contributed by atoms with E-state index in [9.17, 15) is 4.79 Å². The summed E-state index contributed by atoms with van der Waals surface area (Å²) in [6.45, 7) is 3.16. The molecule has 1 saturated heterocycles. The quantitative estimate of drug-likeness (QED) is 0.494. The van der Waals surface area contributed by atoms with Gasteiger partial charge in [0.25, 0.3) is 5.56 Å². The van der Waals surface area contributed by atoms with Gasteiger partial charge in [-0.05, 0) is 31.9 Å². The van der Waals surface area contributed by atoms with Crippen molar-refractivity contribution in [1.29, 1.82) is 0 Å². The number of aromatic nitrogens is 2. The number of rotatable bonds is 4. The van der Waals surface area contributed by atoms with E-state index in [1.807, 2.05) is 31.2 Å². The average Bonchev–Trinajstić information content (AvgIpc) is 3.04. The highest BCUT2D eigenvalue weighted by atomic mass is 32.2. The van der Waals surface area contributed by atoms with Crippen LogP contribution in [0.1, 0.15) is 19.8 Å². The van der Waals surface area contributed by atoms with Gasteiger partial charge in [-0.25, -0.2) is 4.98 Å². The largest absolute Gasteiger partial charge is 0.376 e. The lowest BCUT2D eigenvalue weighted by Crippen LogP contribution is -2.28. The minimum Gasteiger partial charge on any atom is -0.376 e. The lowest BCUT2D eigenvalue weighted by atomic mass is 10.2. The molecule has 1 aliphatic rings. The first-order valence-electron chi connectivity index (χ1n) is 7.43. The van der Waals surface area contributed by atoms with Crippen molar-refractivity contribution < 1.29 is 4.74 Å². The van der Waals surface area contributed by atoms with Crippen molar-refractivity contribution in [2.75, 3.05) is 12.4 Å². The minimum atomic E-state index is 0.00746. The monoisotopic (exact) mass is 314 g/mol. The van der Waals surface area contributed by atoms with Crippen LogP contribution in [0.15, 0.2) is 34.2 Å². The summed E-state index contributed by atoms with van der Waals surface area (Å²) in [5, 5.41) is 1.38. The molecule has 5 heteroatoms. The normalized spacial score (nSPS) is 17.4. The zero-order valence-electron chi connectivity index (χ0n) is 12.5. The zero-order valence-corrected chi connectivity index (χ0v) is 13.4. The average molecular weight is 314 g/mol. The predicted molar refractivity (Wildman–Crippen MR) is 89.2 cm³/mol. The fourth-order valence-electron chi connectivity index (χ4n) is 2.58. The van der Waals surface area contributed by atoms with E-state index in [-0.39, 0.29) is 11.7 Å². The minimum absolute atomic E-state index is 0.00746. The number of hydrogen-bond acceptors (Lipinski definition) is 4. The Labute approximate surface area is 133 Å². The molecule has 1 fully saturated rings. The third-order valence-electron chi connectivity index (χ3n) is 3.69. The molecule has 2 heterocycles. The van der Waals surface area contributed by atoms with Crippen molar-refractivity contribution in [2.24, 2.45) is 0 Å². The maximum absolute atomic E-state index is 12.8. The second-order valence-electron chi connectivity index (χ2n) is 5.18. The third kappa shape index (κ3) is 3.18. The van der Waals surface area contributed by atoms with E-state index in [0.29, 0.717) is 17.7 Å². The summed E-state index contributed by atoms with van der Waals surface area (Å²) in [4.78, 5) is 17.4. The number of para-hydroxylation sites is 1. The summed E-state index contributed by atoms with van der Waals surface area (Å²) in [6, 6.07) is 7.48. The highest BCUT2D eigenvalue weighted by molar-refractivity contribution is 7.99. The lowest BCUT2D eigenvalue weighted by Gasteiger charge is -2.15. The molecule has 0 bridgehead atoms. The van der Waals surface area contributed by atoms with Crippen LogP contribution < -0.4 is 5.56 Å². The smallest absolute Gasteiger partial charge is 0.262 e. The fraction of sp³-hybridized carbons (Fsp3) is 0.412. The Morgan fingerprint density at radius 3 is 3.09 bits per heavy atom. The van der Waals surface area contributed by atoms with Crippen LogP contribution in [-0.2, 0) is 11.3 Å². The number of ether oxygens (including phenoxy) is 1. The summed E-state index contributed by atoms with van der Waals surface area (Å²) in [6.07, 6.45) is 2.17. The van der Waals surface area contributed by atoms with Gasteiger partial charge >= 0.3 is 0 Å². The molecule has 0 aliphatic carbocycles. The molecule has 0 radical (unpaired) electrons. The van der Waals surface area contributed by atoms with E-state index in [1.165, 1.54) is 11.8 Å². The highest BCUT2D eigenvalue weighted by Gasteiger charge is 2.19. The number of benzene rings is 1. The molecule has 1 aromatic carbocycles. The second kappa shape index (κ2) is 6.99. The van der Waals surface area contributed by atoms with Crippen molar-refractivity contribution in [3.8, 4) is 11.8 Å². The number of thioether (sulfide) groups is 1. The molecule has 0 amide bonds. The second-order valence-corrected chi connectivity index (χ2v) is 6.12. The van der Waals surface area contributed by atoms with Crippen LogP contribution in [0.5, 0.6) is 0 Å². The molecule has 4 nitrogen and oxygen atoms in total. The summed E-state index contributed by atoms with van der Waals surface area (Å²) >= 11 is 1.51. The Bertz CT molecular complexity index is 783. The molecule has 0 saturated carbocycles. The Balaban J connectivity index is 2.03. The molecule has 1 unspecified atom stereocenters. The number of fused-ring (bicyclic) bond motifs is 1. The van der Waals surface area contributed by atoms with Gasteiger partial charge in [0, 0.05) is 6.61 Å². The third-order valence-corrected chi connectivity index (χ3v) is 4.55. The van der Waals surface area contributed by atoms with Crippen LogP contribution in [0.25, 0.3) is 10.9 Å². The Morgan fingerprint density at radius 2 is 2.32 bits per heavy atom. The van der Waals surface area contributed by atoms with Crippen molar-refractivity contribution in [3.05, 3.63) is 34.6 Å². The first-order chi connectivity index (χ1) is 10.8. The van der Waals surface area contributed by atoms with Gasteiger partial charge in [-0.15, -0.1) is 5.92 Å². The SMILES string of the molecule is CC#CCSc1nc2ccccc2c(=O)n1CC1CCCO1. The van der Waals surface area contributed by atoms with Gasteiger partial charge in [-0.2, -0.15) is 0 Å². The topological polar surface area (TPSA) is 44.1 Å². The molecular weight excluding hydrogens is 296 g/mol. The summed E-state index contributed by atoms with van der Waals surface area (Å²) in [5.41, 5.74) is 0.746. The van der Waals surface area contributed by atoms with Crippen molar-refractivity contribution in [3.63, 3.8) is 0 Å². The number of nitrogens with zero attached hydrogens (tertiary/aromatic N) is 2. The molecule has 0 spiro atoms. The molecule has 114 valence electrons. The molecular formula is C17H18N2O2S. The van der Waals surface area contributed by atoms with Crippen LogP contribution in [0, 0.1) is 11.8 Å². The van der Waals surface area contributed by atoms with Crippen LogP contribution in [-0.4, -0.2) is 28.0 Å². The van der Waals surface area contributed by atoms with E-state index in [0.717, 1.165) is 30.1 Å². The van der Waals surface area contributed by atoms with E-state index in [2.05, 4.69) is 16.8 Å². The lowest BCUT2D eigenvalue weighted by molar-refractivity contribution is 0.0937. The van der Waals surface area contributed by atoms with Crippen molar-refractivity contribution in [2.45, 2.75) is 37.6 Å². The molecule has 1 aromatic heterocycles. The van der Waals surface area contributed by atoms with E-state index in [4.69, 9.17) is 4.74 Å². The molecule has 0 N–H and O–H groups in total. The Hall–Kier alpha value is -1.77. The molecule has 1 aliphatic heterocycles. The number of hydrogen-bond donors (Lipinski definition) is 0. The highest BCUT2D eigenvalue weighted by Crippen LogP contribution is 2.20. The van der Waals surface area contributed by atoms with Gasteiger partial charge in [-0.1, -0.05) is 29.8 Å². The van der Waals surface area contributed by atoms with E-state index >= 15 is 0 Å². The maximum atomic E-state index is 12.8. The van der Waals surface area contributed by atoms with Gasteiger partial charge in [0.05, 0.1) is 29.3 Å². The first kappa shape index (κ1) is 15.1. The fourth-order valence-corrected chi connectivity index (χ4v) is 3.41. The van der Waals surface area contributed by atoms with Crippen LogP contribution in [0.4, 0.5) is 0 Å². The molecule has 2 aromatic rings. The molecule has 1 atom stereocenters. The van der Waals surface area contributed by atoms with Crippen LogP contribution in [0.3, 0.4) is 0 Å². The van der Waals surface area contributed by atoms with Gasteiger partial charge in [0.2, 0.25) is 0 Å².